The number of carbonyl (C=O) groups is 2. The lowest BCUT2D eigenvalue weighted by atomic mass is 10.2. The van der Waals surface area contributed by atoms with Crippen molar-refractivity contribution in [3.8, 4) is 0 Å². The normalized spacial score (nSPS) is 10.8. The minimum Gasteiger partial charge on any atom is -0.370 e. The molecule has 1 heterocycles. The summed E-state index contributed by atoms with van der Waals surface area (Å²) in [5.74, 6) is -0.558. The van der Waals surface area contributed by atoms with Crippen molar-refractivity contribution in [2.75, 3.05) is 6.54 Å². The van der Waals surface area contributed by atoms with E-state index in [0.29, 0.717) is 12.2 Å². The molecule has 2 aromatic carbocycles. The van der Waals surface area contributed by atoms with Gasteiger partial charge in [-0.1, -0.05) is 42.5 Å². The van der Waals surface area contributed by atoms with Crippen LogP contribution in [-0.2, 0) is 11.3 Å². The van der Waals surface area contributed by atoms with Crippen LogP contribution in [0.25, 0.3) is 10.9 Å². The average molecular weight is 335 g/mol. The quantitative estimate of drug-likeness (QED) is 0.726. The molecule has 3 rings (SSSR count). The molecule has 0 saturated heterocycles. The van der Waals surface area contributed by atoms with Gasteiger partial charge in [-0.25, -0.2) is 0 Å². The van der Waals surface area contributed by atoms with Gasteiger partial charge in [-0.2, -0.15) is 0 Å². The number of nitrogens with zero attached hydrogens (tertiary/aromatic N) is 1. The van der Waals surface area contributed by atoms with Crippen molar-refractivity contribution in [3.05, 3.63) is 71.4 Å². The van der Waals surface area contributed by atoms with Gasteiger partial charge in [-0.3, -0.25) is 9.59 Å². The zero-order valence-corrected chi connectivity index (χ0v) is 14.2. The van der Waals surface area contributed by atoms with Crippen molar-refractivity contribution in [1.82, 2.24) is 9.88 Å². The third-order valence-electron chi connectivity index (χ3n) is 4.14. The van der Waals surface area contributed by atoms with Gasteiger partial charge in [0.15, 0.2) is 0 Å². The lowest BCUT2D eigenvalue weighted by Crippen LogP contribution is -2.33. The number of aromatic nitrogens is 1. The van der Waals surface area contributed by atoms with Crippen molar-refractivity contribution in [3.63, 3.8) is 0 Å². The van der Waals surface area contributed by atoms with Crippen LogP contribution in [0.4, 0.5) is 0 Å². The topological polar surface area (TPSA) is 79.2 Å². The van der Waals surface area contributed by atoms with Crippen molar-refractivity contribution >= 4 is 22.7 Å². The maximum absolute atomic E-state index is 13.0. The lowest BCUT2D eigenvalue weighted by Gasteiger charge is -2.21. The van der Waals surface area contributed by atoms with Crippen LogP contribution in [0.3, 0.4) is 0 Å². The number of aromatic amines is 1. The second-order valence-corrected chi connectivity index (χ2v) is 6.20. The first-order chi connectivity index (χ1) is 12.0. The Balaban J connectivity index is 1.87. The number of benzene rings is 2. The fourth-order valence-corrected chi connectivity index (χ4v) is 2.83. The highest BCUT2D eigenvalue weighted by Gasteiger charge is 2.19. The van der Waals surface area contributed by atoms with Crippen LogP contribution in [0.15, 0.2) is 54.6 Å². The Kier molecular flexibility index (Phi) is 4.84. The predicted octanol–water partition coefficient (Wildman–Crippen LogP) is 2.99. The summed E-state index contributed by atoms with van der Waals surface area (Å²) in [7, 11) is 0. The number of nitrogens with one attached hydrogen (secondary N) is 1. The average Bonchev–Trinajstić information content (AvgIpc) is 3.01. The Hall–Kier alpha value is -3.08. The summed E-state index contributed by atoms with van der Waals surface area (Å²) in [5, 5.41) is 0.989. The lowest BCUT2D eigenvalue weighted by molar-refractivity contribution is -0.118. The molecule has 2 amide bonds. The number of carbonyl (C=O) groups excluding carboxylic acids is 2. The minimum absolute atomic E-state index is 0.137. The number of H-pyrrole nitrogens is 1. The third kappa shape index (κ3) is 4.07. The summed E-state index contributed by atoms with van der Waals surface area (Å²) in [6.07, 6.45) is 0.137. The van der Waals surface area contributed by atoms with Gasteiger partial charge >= 0.3 is 0 Å². The number of aryl methyl sites for hydroxylation is 1. The van der Waals surface area contributed by atoms with Crippen LogP contribution in [0, 0.1) is 6.92 Å². The van der Waals surface area contributed by atoms with Crippen LogP contribution >= 0.6 is 0 Å². The monoisotopic (exact) mass is 335 g/mol. The number of amides is 2. The van der Waals surface area contributed by atoms with Crippen LogP contribution in [0.2, 0.25) is 0 Å². The second kappa shape index (κ2) is 7.21. The summed E-state index contributed by atoms with van der Waals surface area (Å²) in [4.78, 5) is 29.0. The summed E-state index contributed by atoms with van der Waals surface area (Å²) >= 11 is 0. The van der Waals surface area contributed by atoms with Gasteiger partial charge in [-0.05, 0) is 30.2 Å². The number of hydrogen-bond acceptors (Lipinski definition) is 2. The van der Waals surface area contributed by atoms with Crippen LogP contribution in [0.1, 0.15) is 28.0 Å². The zero-order chi connectivity index (χ0) is 17.8. The molecule has 25 heavy (non-hydrogen) atoms. The Morgan fingerprint density at radius 2 is 1.84 bits per heavy atom. The fraction of sp³-hybridized carbons (Fsp3) is 0.200. The van der Waals surface area contributed by atoms with Crippen LogP contribution in [-0.4, -0.2) is 28.2 Å². The molecular formula is C20H21N3O2. The molecule has 5 nitrogen and oxygen atoms in total. The molecule has 3 N–H and O–H groups in total. The molecule has 1 aromatic heterocycles. The molecule has 0 aliphatic heterocycles. The molecule has 3 aromatic rings. The van der Waals surface area contributed by atoms with Gasteiger partial charge < -0.3 is 15.6 Å². The van der Waals surface area contributed by atoms with E-state index in [0.717, 1.165) is 22.0 Å². The predicted molar refractivity (Wildman–Crippen MR) is 98.0 cm³/mol. The van der Waals surface area contributed by atoms with E-state index in [1.54, 1.807) is 4.90 Å². The van der Waals surface area contributed by atoms with Crippen molar-refractivity contribution in [2.24, 2.45) is 5.73 Å². The first kappa shape index (κ1) is 16.8. The molecule has 0 saturated carbocycles. The fourth-order valence-electron chi connectivity index (χ4n) is 2.83. The molecule has 0 unspecified atom stereocenters. The van der Waals surface area contributed by atoms with Gasteiger partial charge in [0.2, 0.25) is 5.91 Å². The van der Waals surface area contributed by atoms with Crippen molar-refractivity contribution in [1.29, 1.82) is 0 Å². The Morgan fingerprint density at radius 1 is 1.08 bits per heavy atom. The Bertz CT molecular complexity index is 900. The third-order valence-corrected chi connectivity index (χ3v) is 4.14. The first-order valence-corrected chi connectivity index (χ1v) is 8.24. The van der Waals surface area contributed by atoms with Crippen molar-refractivity contribution < 1.29 is 9.59 Å². The van der Waals surface area contributed by atoms with Gasteiger partial charge in [0.1, 0.15) is 5.69 Å². The Morgan fingerprint density at radius 3 is 2.56 bits per heavy atom. The molecule has 0 radical (unpaired) electrons. The van der Waals surface area contributed by atoms with E-state index in [-0.39, 0.29) is 18.9 Å². The number of rotatable bonds is 6. The number of fused-ring (bicyclic) bond motifs is 1. The molecule has 5 heteroatoms. The van der Waals surface area contributed by atoms with Crippen LogP contribution < -0.4 is 5.73 Å². The smallest absolute Gasteiger partial charge is 0.270 e. The molecule has 0 fully saturated rings. The molecule has 128 valence electrons. The van der Waals surface area contributed by atoms with Gasteiger partial charge in [0.05, 0.1) is 0 Å². The SMILES string of the molecule is Cc1ccc2cc(C(=O)N(CCC(N)=O)Cc3ccccc3)[nH]c2c1. The minimum atomic E-state index is -0.418. The van der Waals surface area contributed by atoms with Crippen molar-refractivity contribution in [2.45, 2.75) is 19.9 Å². The van der Waals surface area contributed by atoms with E-state index in [1.807, 2.05) is 61.5 Å². The molecule has 0 aliphatic rings. The van der Waals surface area contributed by atoms with E-state index >= 15 is 0 Å². The second-order valence-electron chi connectivity index (χ2n) is 6.20. The van der Waals surface area contributed by atoms with E-state index < -0.39 is 5.91 Å². The molecule has 0 bridgehead atoms. The van der Waals surface area contributed by atoms with E-state index in [1.165, 1.54) is 0 Å². The van der Waals surface area contributed by atoms with Crippen LogP contribution in [0.5, 0.6) is 0 Å². The van der Waals surface area contributed by atoms with E-state index in [4.69, 9.17) is 5.73 Å². The van der Waals surface area contributed by atoms with Gasteiger partial charge in [0, 0.05) is 30.4 Å². The van der Waals surface area contributed by atoms with E-state index in [2.05, 4.69) is 4.98 Å². The number of hydrogen-bond donors (Lipinski definition) is 2. The molecule has 0 atom stereocenters. The highest BCUT2D eigenvalue weighted by Crippen LogP contribution is 2.19. The molecule has 0 aliphatic carbocycles. The van der Waals surface area contributed by atoms with Gasteiger partial charge in [0.25, 0.3) is 5.91 Å². The van der Waals surface area contributed by atoms with Gasteiger partial charge in [-0.15, -0.1) is 0 Å². The molecular weight excluding hydrogens is 314 g/mol. The van der Waals surface area contributed by atoms with E-state index in [9.17, 15) is 9.59 Å². The summed E-state index contributed by atoms with van der Waals surface area (Å²) < 4.78 is 0. The summed E-state index contributed by atoms with van der Waals surface area (Å²) in [6, 6.07) is 17.6. The zero-order valence-electron chi connectivity index (χ0n) is 14.2. The summed E-state index contributed by atoms with van der Waals surface area (Å²) in [6.45, 7) is 2.73. The highest BCUT2D eigenvalue weighted by molar-refractivity contribution is 5.98. The summed E-state index contributed by atoms with van der Waals surface area (Å²) in [5.41, 5.74) is 8.84. The molecule has 0 spiro atoms. The maximum Gasteiger partial charge on any atom is 0.270 e. The maximum atomic E-state index is 13.0. The highest BCUT2D eigenvalue weighted by atomic mass is 16.2. The first-order valence-electron chi connectivity index (χ1n) is 8.24. The number of nitrogens with two attached hydrogens (primary N) is 1. The Labute approximate surface area is 146 Å². The largest absolute Gasteiger partial charge is 0.370 e. The number of primary amides is 1. The standard InChI is InChI=1S/C20H21N3O2/c1-14-7-8-16-12-18(22-17(16)11-14)20(25)23(10-9-19(21)24)13-15-5-3-2-4-6-15/h2-8,11-12,22H,9-10,13H2,1H3,(H2,21,24).